The summed E-state index contributed by atoms with van der Waals surface area (Å²) in [7, 11) is 0. The molecule has 5 nitrogen and oxygen atoms in total. The number of halogens is 3. The molecule has 35 heavy (non-hydrogen) atoms. The summed E-state index contributed by atoms with van der Waals surface area (Å²) < 4.78 is 42.4. The largest absolute Gasteiger partial charge is 0.573 e. The highest BCUT2D eigenvalue weighted by Crippen LogP contribution is 2.43. The third-order valence-corrected chi connectivity index (χ3v) is 5.77. The number of amides is 1. The van der Waals surface area contributed by atoms with Crippen molar-refractivity contribution in [3.8, 4) is 5.75 Å². The smallest absolute Gasteiger partial charge is 0.507 e. The number of carbonyl (C=O) groups excluding carboxylic acids is 2. The highest BCUT2D eigenvalue weighted by molar-refractivity contribution is 6.51. The predicted octanol–water partition coefficient (Wildman–Crippen LogP) is 6.08. The van der Waals surface area contributed by atoms with E-state index < -0.39 is 29.8 Å². The number of anilines is 1. The summed E-state index contributed by atoms with van der Waals surface area (Å²) in [6.45, 7) is 3.81. The summed E-state index contributed by atoms with van der Waals surface area (Å²) in [6, 6.07) is 17.8. The number of rotatable bonds is 5. The van der Waals surface area contributed by atoms with Crippen molar-refractivity contribution in [2.45, 2.75) is 32.7 Å². The Morgan fingerprint density at radius 3 is 2.31 bits per heavy atom. The van der Waals surface area contributed by atoms with Crippen LogP contribution < -0.4 is 9.64 Å². The van der Waals surface area contributed by atoms with E-state index >= 15 is 0 Å². The average molecular weight is 481 g/mol. The third-order valence-electron chi connectivity index (χ3n) is 5.77. The molecule has 1 amide bonds. The monoisotopic (exact) mass is 481 g/mol. The Hall–Kier alpha value is -4.07. The van der Waals surface area contributed by atoms with Crippen molar-refractivity contribution >= 4 is 23.1 Å². The molecule has 1 N–H and O–H groups in total. The Morgan fingerprint density at radius 2 is 1.69 bits per heavy atom. The standard InChI is InChI=1S/C27H22F3NO4/c1-3-17-10-12-18(13-11-17)24(32)22-23(19-7-4-6-16(2)14-19)31(26(34)25(22)33)20-8-5-9-21(15-20)35-27(28,29)30/h4-15,23,32H,3H2,1-2H3/b24-22+. The van der Waals surface area contributed by atoms with Gasteiger partial charge >= 0.3 is 6.36 Å². The van der Waals surface area contributed by atoms with Crippen molar-refractivity contribution in [3.05, 3.63) is 101 Å². The minimum Gasteiger partial charge on any atom is -0.507 e. The molecule has 1 atom stereocenters. The molecular formula is C27H22F3NO4. The summed E-state index contributed by atoms with van der Waals surface area (Å²) >= 11 is 0. The maximum absolute atomic E-state index is 13.2. The number of aryl methyl sites for hydroxylation is 2. The number of hydrogen-bond acceptors (Lipinski definition) is 4. The lowest BCUT2D eigenvalue weighted by Gasteiger charge is -2.26. The van der Waals surface area contributed by atoms with E-state index in [4.69, 9.17) is 0 Å². The fourth-order valence-electron chi connectivity index (χ4n) is 4.14. The van der Waals surface area contributed by atoms with Crippen LogP contribution in [0.3, 0.4) is 0 Å². The number of carbonyl (C=O) groups is 2. The van der Waals surface area contributed by atoms with E-state index in [1.54, 1.807) is 30.3 Å². The number of benzene rings is 3. The number of Topliss-reactive ketones (excluding diaryl/α,β-unsaturated/α-hetero) is 1. The molecule has 0 aliphatic carbocycles. The molecule has 4 rings (SSSR count). The fraction of sp³-hybridized carbons (Fsp3) is 0.185. The third kappa shape index (κ3) is 4.91. The maximum Gasteiger partial charge on any atom is 0.573 e. The molecule has 0 spiro atoms. The Kier molecular flexibility index (Phi) is 6.39. The molecule has 1 saturated heterocycles. The van der Waals surface area contributed by atoms with E-state index in [9.17, 15) is 27.9 Å². The first-order valence-corrected chi connectivity index (χ1v) is 10.9. The van der Waals surface area contributed by atoms with Gasteiger partial charge in [0.1, 0.15) is 11.5 Å². The van der Waals surface area contributed by atoms with Gasteiger partial charge in [-0.15, -0.1) is 13.2 Å². The number of ether oxygens (including phenoxy) is 1. The van der Waals surface area contributed by atoms with Crippen LogP contribution in [-0.2, 0) is 16.0 Å². The summed E-state index contributed by atoms with van der Waals surface area (Å²) in [6.07, 6.45) is -4.14. The van der Waals surface area contributed by atoms with Gasteiger partial charge in [0, 0.05) is 17.3 Å². The number of aliphatic hydroxyl groups excluding tert-OH is 1. The highest BCUT2D eigenvalue weighted by Gasteiger charge is 2.47. The molecular weight excluding hydrogens is 459 g/mol. The normalized spacial score (nSPS) is 17.6. The van der Waals surface area contributed by atoms with Crippen LogP contribution in [0.1, 0.15) is 35.2 Å². The molecule has 0 aromatic heterocycles. The van der Waals surface area contributed by atoms with Crippen molar-refractivity contribution < 1.29 is 32.6 Å². The van der Waals surface area contributed by atoms with Crippen LogP contribution in [-0.4, -0.2) is 23.2 Å². The lowest BCUT2D eigenvalue weighted by atomic mass is 9.94. The SMILES string of the molecule is CCc1ccc(/C(O)=C2\C(=O)C(=O)N(c3cccc(OC(F)(F)F)c3)C2c2cccc(C)c2)cc1. The zero-order valence-electron chi connectivity index (χ0n) is 19.0. The Labute approximate surface area is 200 Å². The first-order valence-electron chi connectivity index (χ1n) is 10.9. The van der Waals surface area contributed by atoms with Crippen LogP contribution in [0.25, 0.3) is 5.76 Å². The number of nitrogens with zero attached hydrogens (tertiary/aromatic N) is 1. The van der Waals surface area contributed by atoms with Gasteiger partial charge in [-0.1, -0.05) is 67.1 Å². The van der Waals surface area contributed by atoms with E-state index in [1.165, 1.54) is 12.1 Å². The molecule has 1 aliphatic heterocycles. The van der Waals surface area contributed by atoms with E-state index in [0.717, 1.165) is 34.6 Å². The molecule has 180 valence electrons. The van der Waals surface area contributed by atoms with Gasteiger partial charge < -0.3 is 9.84 Å². The van der Waals surface area contributed by atoms with Gasteiger partial charge in [-0.25, -0.2) is 0 Å². The van der Waals surface area contributed by atoms with Crippen molar-refractivity contribution in [1.82, 2.24) is 0 Å². The molecule has 1 aliphatic rings. The Bertz CT molecular complexity index is 1310. The van der Waals surface area contributed by atoms with E-state index in [1.807, 2.05) is 32.0 Å². The lowest BCUT2D eigenvalue weighted by Crippen LogP contribution is -2.29. The molecule has 8 heteroatoms. The van der Waals surface area contributed by atoms with E-state index in [-0.39, 0.29) is 17.0 Å². The van der Waals surface area contributed by atoms with Crippen molar-refractivity contribution in [3.63, 3.8) is 0 Å². The number of aliphatic hydroxyl groups is 1. The van der Waals surface area contributed by atoms with Crippen LogP contribution in [0.5, 0.6) is 5.75 Å². The first kappa shape index (κ1) is 24.1. The Morgan fingerprint density at radius 1 is 1.00 bits per heavy atom. The van der Waals surface area contributed by atoms with Gasteiger partial charge in [-0.05, 0) is 36.6 Å². The van der Waals surface area contributed by atoms with Crippen molar-refractivity contribution in [2.75, 3.05) is 4.90 Å². The molecule has 1 unspecified atom stereocenters. The van der Waals surface area contributed by atoms with Crippen LogP contribution >= 0.6 is 0 Å². The molecule has 0 radical (unpaired) electrons. The number of hydrogen-bond donors (Lipinski definition) is 1. The van der Waals surface area contributed by atoms with Crippen molar-refractivity contribution in [2.24, 2.45) is 0 Å². The summed E-state index contributed by atoms with van der Waals surface area (Å²) in [5.74, 6) is -2.79. The highest BCUT2D eigenvalue weighted by atomic mass is 19.4. The molecule has 0 bridgehead atoms. The summed E-state index contributed by atoms with van der Waals surface area (Å²) in [4.78, 5) is 27.5. The van der Waals surface area contributed by atoms with Gasteiger partial charge in [-0.3, -0.25) is 14.5 Å². The number of alkyl halides is 3. The van der Waals surface area contributed by atoms with Gasteiger partial charge in [0.15, 0.2) is 0 Å². The number of ketones is 1. The van der Waals surface area contributed by atoms with Gasteiger partial charge in [0.2, 0.25) is 0 Å². The van der Waals surface area contributed by atoms with Gasteiger partial charge in [0.25, 0.3) is 11.7 Å². The second kappa shape index (κ2) is 9.29. The summed E-state index contributed by atoms with van der Waals surface area (Å²) in [5, 5.41) is 11.2. The van der Waals surface area contributed by atoms with Crippen LogP contribution in [0, 0.1) is 6.92 Å². The maximum atomic E-state index is 13.2. The lowest BCUT2D eigenvalue weighted by molar-refractivity contribution is -0.274. The van der Waals surface area contributed by atoms with E-state index in [0.29, 0.717) is 11.1 Å². The van der Waals surface area contributed by atoms with Crippen LogP contribution in [0.15, 0.2) is 78.4 Å². The molecule has 0 saturated carbocycles. The topological polar surface area (TPSA) is 66.8 Å². The molecule has 1 heterocycles. The van der Waals surface area contributed by atoms with Gasteiger partial charge in [0.05, 0.1) is 11.6 Å². The second-order valence-corrected chi connectivity index (χ2v) is 8.18. The first-order chi connectivity index (χ1) is 16.6. The van der Waals surface area contributed by atoms with Crippen LogP contribution in [0.2, 0.25) is 0 Å². The zero-order chi connectivity index (χ0) is 25.3. The minimum atomic E-state index is -4.92. The minimum absolute atomic E-state index is 0.0285. The van der Waals surface area contributed by atoms with Crippen molar-refractivity contribution in [1.29, 1.82) is 0 Å². The predicted molar refractivity (Wildman–Crippen MR) is 125 cm³/mol. The van der Waals surface area contributed by atoms with Gasteiger partial charge in [-0.2, -0.15) is 0 Å². The molecule has 1 fully saturated rings. The second-order valence-electron chi connectivity index (χ2n) is 8.18. The van der Waals surface area contributed by atoms with E-state index in [2.05, 4.69) is 4.74 Å². The zero-order valence-corrected chi connectivity index (χ0v) is 19.0. The van der Waals surface area contributed by atoms with Crippen LogP contribution in [0.4, 0.5) is 18.9 Å². The fourth-order valence-corrected chi connectivity index (χ4v) is 4.14. The molecule has 3 aromatic rings. The average Bonchev–Trinajstić information content (AvgIpc) is 3.08. The molecule has 3 aromatic carbocycles. The Balaban J connectivity index is 1.89. The quantitative estimate of drug-likeness (QED) is 0.272. The summed E-state index contributed by atoms with van der Waals surface area (Å²) in [5.41, 5.74) is 2.63.